The predicted molar refractivity (Wildman–Crippen MR) is 82.1 cm³/mol. The van der Waals surface area contributed by atoms with E-state index in [1.807, 2.05) is 30.3 Å². The van der Waals surface area contributed by atoms with Crippen LogP contribution in [0.4, 0.5) is 0 Å². The van der Waals surface area contributed by atoms with Gasteiger partial charge in [0.15, 0.2) is 0 Å². The molecule has 1 N–H and O–H groups in total. The Morgan fingerprint density at radius 2 is 1.37 bits per heavy atom. The van der Waals surface area contributed by atoms with Gasteiger partial charge in [0.2, 0.25) is 0 Å². The Labute approximate surface area is 118 Å². The van der Waals surface area contributed by atoms with Crippen LogP contribution >= 0.6 is 0 Å². The van der Waals surface area contributed by atoms with Gasteiger partial charge in [-0.3, -0.25) is 4.90 Å². The fourth-order valence-corrected chi connectivity index (χ4v) is 2.47. The van der Waals surface area contributed by atoms with Gasteiger partial charge in [0.25, 0.3) is 0 Å². The van der Waals surface area contributed by atoms with E-state index in [2.05, 4.69) is 39.5 Å². The van der Waals surface area contributed by atoms with Crippen LogP contribution in [-0.4, -0.2) is 29.1 Å². The minimum Gasteiger partial charge on any atom is -0.387 e. The monoisotopic (exact) mass is 263 g/mol. The molecule has 0 spiro atoms. The van der Waals surface area contributed by atoms with E-state index in [0.29, 0.717) is 11.8 Å². The van der Waals surface area contributed by atoms with Crippen molar-refractivity contribution < 1.29 is 5.11 Å². The Bertz CT molecular complexity index is 338. The lowest BCUT2D eigenvalue weighted by Gasteiger charge is -2.35. The van der Waals surface area contributed by atoms with E-state index in [0.717, 1.165) is 18.7 Å². The molecular formula is C17H29NO. The lowest BCUT2D eigenvalue weighted by Crippen LogP contribution is -2.42. The summed E-state index contributed by atoms with van der Waals surface area (Å²) in [5, 5.41) is 10.5. The molecule has 1 rings (SSSR count). The van der Waals surface area contributed by atoms with Gasteiger partial charge < -0.3 is 5.11 Å². The second-order valence-corrected chi connectivity index (χ2v) is 6.34. The molecule has 2 unspecified atom stereocenters. The predicted octanol–water partition coefficient (Wildman–Crippen LogP) is 3.72. The smallest absolute Gasteiger partial charge is 0.0942 e. The zero-order valence-corrected chi connectivity index (χ0v) is 13.0. The Kier molecular flexibility index (Phi) is 6.53. The molecule has 0 aliphatic rings. The highest BCUT2D eigenvalue weighted by atomic mass is 16.3. The lowest BCUT2D eigenvalue weighted by atomic mass is 10.00. The molecule has 0 bridgehead atoms. The first kappa shape index (κ1) is 16.2. The van der Waals surface area contributed by atoms with Gasteiger partial charge in [-0.05, 0) is 24.3 Å². The second-order valence-electron chi connectivity index (χ2n) is 6.34. The van der Waals surface area contributed by atoms with Gasteiger partial charge >= 0.3 is 0 Å². The van der Waals surface area contributed by atoms with Crippen molar-refractivity contribution >= 4 is 0 Å². The Hall–Kier alpha value is -0.860. The zero-order chi connectivity index (χ0) is 14.4. The third kappa shape index (κ3) is 5.33. The third-order valence-corrected chi connectivity index (χ3v) is 3.37. The van der Waals surface area contributed by atoms with E-state index in [1.165, 1.54) is 0 Å². The van der Waals surface area contributed by atoms with Crippen LogP contribution in [0.2, 0.25) is 0 Å². The molecule has 0 radical (unpaired) electrons. The molecule has 0 saturated carbocycles. The molecule has 0 aliphatic heterocycles. The topological polar surface area (TPSA) is 23.5 Å². The first-order valence-corrected chi connectivity index (χ1v) is 7.38. The average Bonchev–Trinajstić information content (AvgIpc) is 2.36. The van der Waals surface area contributed by atoms with Gasteiger partial charge in [-0.25, -0.2) is 0 Å². The molecule has 0 aliphatic carbocycles. The number of aliphatic hydroxyl groups is 1. The standard InChI is InChI=1S/C17H29NO/c1-13(2)11-18(12-14(3)4)15(5)17(19)16-9-7-6-8-10-16/h6-10,13-15,17,19H,11-12H2,1-5H3. The van der Waals surface area contributed by atoms with Crippen molar-refractivity contribution in [2.45, 2.75) is 46.8 Å². The quantitative estimate of drug-likeness (QED) is 0.810. The highest BCUT2D eigenvalue weighted by Gasteiger charge is 2.24. The molecule has 108 valence electrons. The maximum Gasteiger partial charge on any atom is 0.0942 e. The minimum atomic E-state index is -0.418. The number of nitrogens with zero attached hydrogens (tertiary/aromatic N) is 1. The minimum absolute atomic E-state index is 0.146. The summed E-state index contributed by atoms with van der Waals surface area (Å²) in [7, 11) is 0. The van der Waals surface area contributed by atoms with Gasteiger partial charge in [0.05, 0.1) is 6.10 Å². The van der Waals surface area contributed by atoms with Crippen LogP contribution in [0.3, 0.4) is 0 Å². The summed E-state index contributed by atoms with van der Waals surface area (Å²) in [4.78, 5) is 2.41. The molecule has 0 heterocycles. The molecule has 2 atom stereocenters. The highest BCUT2D eigenvalue weighted by Crippen LogP contribution is 2.22. The van der Waals surface area contributed by atoms with Crippen LogP contribution in [0.25, 0.3) is 0 Å². The summed E-state index contributed by atoms with van der Waals surface area (Å²) < 4.78 is 0. The van der Waals surface area contributed by atoms with Crippen LogP contribution < -0.4 is 0 Å². The number of rotatable bonds is 7. The molecular weight excluding hydrogens is 234 g/mol. The SMILES string of the molecule is CC(C)CN(CC(C)C)C(C)C(O)c1ccccc1. The Morgan fingerprint density at radius 1 is 0.895 bits per heavy atom. The molecule has 0 saturated heterocycles. The van der Waals surface area contributed by atoms with E-state index < -0.39 is 6.10 Å². The fourth-order valence-electron chi connectivity index (χ4n) is 2.47. The van der Waals surface area contributed by atoms with Crippen molar-refractivity contribution in [1.82, 2.24) is 4.90 Å². The summed E-state index contributed by atoms with van der Waals surface area (Å²) in [5.74, 6) is 1.23. The summed E-state index contributed by atoms with van der Waals surface area (Å²) in [5.41, 5.74) is 1.01. The van der Waals surface area contributed by atoms with Gasteiger partial charge in [0.1, 0.15) is 0 Å². The van der Waals surface area contributed by atoms with Crippen LogP contribution in [0, 0.1) is 11.8 Å². The molecule has 1 aromatic carbocycles. The van der Waals surface area contributed by atoms with Gasteiger partial charge in [0, 0.05) is 19.1 Å². The first-order chi connectivity index (χ1) is 8.91. The third-order valence-electron chi connectivity index (χ3n) is 3.37. The van der Waals surface area contributed by atoms with Crippen LogP contribution in [-0.2, 0) is 0 Å². The van der Waals surface area contributed by atoms with E-state index in [4.69, 9.17) is 0 Å². The second kappa shape index (κ2) is 7.66. The molecule has 2 heteroatoms. The van der Waals surface area contributed by atoms with Crippen molar-refractivity contribution in [3.63, 3.8) is 0 Å². The van der Waals surface area contributed by atoms with Gasteiger partial charge in [-0.1, -0.05) is 58.0 Å². The largest absolute Gasteiger partial charge is 0.387 e. The molecule has 19 heavy (non-hydrogen) atoms. The first-order valence-electron chi connectivity index (χ1n) is 7.38. The van der Waals surface area contributed by atoms with Crippen molar-refractivity contribution in [1.29, 1.82) is 0 Å². The summed E-state index contributed by atoms with van der Waals surface area (Å²) in [6.07, 6.45) is -0.418. The maximum atomic E-state index is 10.5. The number of benzene rings is 1. The molecule has 0 amide bonds. The number of aliphatic hydroxyl groups excluding tert-OH is 1. The summed E-state index contributed by atoms with van der Waals surface area (Å²) >= 11 is 0. The zero-order valence-electron chi connectivity index (χ0n) is 13.0. The Balaban J connectivity index is 2.77. The van der Waals surface area contributed by atoms with Crippen molar-refractivity contribution in [2.75, 3.05) is 13.1 Å². The Morgan fingerprint density at radius 3 is 1.79 bits per heavy atom. The van der Waals surface area contributed by atoms with E-state index in [-0.39, 0.29) is 6.04 Å². The lowest BCUT2D eigenvalue weighted by molar-refractivity contribution is 0.0446. The van der Waals surface area contributed by atoms with E-state index in [9.17, 15) is 5.11 Å². The fraction of sp³-hybridized carbons (Fsp3) is 0.647. The normalized spacial score (nSPS) is 15.2. The maximum absolute atomic E-state index is 10.5. The molecule has 1 aromatic rings. The summed E-state index contributed by atoms with van der Waals surface area (Å²) in [6.45, 7) is 13.1. The number of hydrogen-bond acceptors (Lipinski definition) is 2. The average molecular weight is 263 g/mol. The number of hydrogen-bond donors (Lipinski definition) is 1. The van der Waals surface area contributed by atoms with Crippen molar-refractivity contribution in [3.8, 4) is 0 Å². The van der Waals surface area contributed by atoms with E-state index in [1.54, 1.807) is 0 Å². The van der Waals surface area contributed by atoms with Gasteiger partial charge in [-0.15, -0.1) is 0 Å². The van der Waals surface area contributed by atoms with Crippen molar-refractivity contribution in [2.24, 2.45) is 11.8 Å². The van der Waals surface area contributed by atoms with Crippen LogP contribution in [0.5, 0.6) is 0 Å². The molecule has 0 fully saturated rings. The molecule has 0 aromatic heterocycles. The highest BCUT2D eigenvalue weighted by molar-refractivity contribution is 5.18. The van der Waals surface area contributed by atoms with Gasteiger partial charge in [-0.2, -0.15) is 0 Å². The summed E-state index contributed by atoms with van der Waals surface area (Å²) in [6, 6.07) is 10.1. The molecule has 2 nitrogen and oxygen atoms in total. The van der Waals surface area contributed by atoms with Crippen LogP contribution in [0.15, 0.2) is 30.3 Å². The van der Waals surface area contributed by atoms with E-state index >= 15 is 0 Å². The van der Waals surface area contributed by atoms with Crippen molar-refractivity contribution in [3.05, 3.63) is 35.9 Å². The van der Waals surface area contributed by atoms with Crippen LogP contribution in [0.1, 0.15) is 46.3 Å².